The van der Waals surface area contributed by atoms with Gasteiger partial charge >= 0.3 is 0 Å². The highest BCUT2D eigenvalue weighted by Gasteiger charge is 2.37. The number of nitrogens with zero attached hydrogens (tertiary/aromatic N) is 1. The predicted molar refractivity (Wildman–Crippen MR) is 80.6 cm³/mol. The molecule has 0 aromatic rings. The summed E-state index contributed by atoms with van der Waals surface area (Å²) in [6, 6.07) is 1.19. The Labute approximate surface area is 122 Å². The summed E-state index contributed by atoms with van der Waals surface area (Å²) in [4.78, 5) is 15.1. The molecule has 114 valence electrons. The van der Waals surface area contributed by atoms with Gasteiger partial charge in [-0.3, -0.25) is 9.69 Å². The summed E-state index contributed by atoms with van der Waals surface area (Å²) in [5, 5.41) is 6.76. The van der Waals surface area contributed by atoms with Crippen molar-refractivity contribution in [2.45, 2.75) is 70.0 Å². The minimum atomic E-state index is 0.144. The highest BCUT2D eigenvalue weighted by molar-refractivity contribution is 5.82. The summed E-state index contributed by atoms with van der Waals surface area (Å²) in [6.07, 6.45) is 8.35. The van der Waals surface area contributed by atoms with Crippen LogP contribution in [0.3, 0.4) is 0 Å². The molecule has 0 aromatic carbocycles. The molecule has 3 aliphatic rings. The van der Waals surface area contributed by atoms with Crippen LogP contribution >= 0.6 is 0 Å². The van der Waals surface area contributed by atoms with Crippen molar-refractivity contribution in [3.8, 4) is 0 Å². The van der Waals surface area contributed by atoms with E-state index in [1.165, 1.54) is 38.5 Å². The molecule has 3 atom stereocenters. The van der Waals surface area contributed by atoms with Crippen molar-refractivity contribution >= 4 is 5.91 Å². The molecule has 1 saturated carbocycles. The summed E-state index contributed by atoms with van der Waals surface area (Å²) in [7, 11) is 0. The Hall–Kier alpha value is -0.610. The summed E-state index contributed by atoms with van der Waals surface area (Å²) in [5.41, 5.74) is 0. The van der Waals surface area contributed by atoms with Crippen molar-refractivity contribution in [3.05, 3.63) is 0 Å². The van der Waals surface area contributed by atoms with Gasteiger partial charge in [-0.2, -0.15) is 0 Å². The zero-order valence-corrected chi connectivity index (χ0v) is 12.7. The van der Waals surface area contributed by atoms with E-state index in [2.05, 4.69) is 22.5 Å². The second kappa shape index (κ2) is 6.44. The summed E-state index contributed by atoms with van der Waals surface area (Å²) >= 11 is 0. The largest absolute Gasteiger partial charge is 0.352 e. The Bertz CT molecular complexity index is 341. The minimum absolute atomic E-state index is 0.144. The molecule has 0 aromatic heterocycles. The maximum Gasteiger partial charge on any atom is 0.237 e. The van der Waals surface area contributed by atoms with Crippen molar-refractivity contribution in [1.29, 1.82) is 0 Å². The van der Waals surface area contributed by atoms with Crippen LogP contribution in [-0.2, 0) is 4.79 Å². The van der Waals surface area contributed by atoms with E-state index in [9.17, 15) is 4.79 Å². The van der Waals surface area contributed by atoms with Gasteiger partial charge in [-0.1, -0.05) is 13.3 Å². The maximum absolute atomic E-state index is 12.6. The first-order valence-electron chi connectivity index (χ1n) is 8.52. The molecule has 3 rings (SSSR count). The fourth-order valence-corrected chi connectivity index (χ4v) is 4.28. The Kier molecular flexibility index (Phi) is 4.61. The Balaban J connectivity index is 1.58. The van der Waals surface area contributed by atoms with Crippen molar-refractivity contribution in [2.24, 2.45) is 5.92 Å². The SMILES string of the molecule is CC1CCCC1NC(=O)C1CCCN1C1CCNCC1. The Morgan fingerprint density at radius 3 is 2.60 bits per heavy atom. The number of carbonyl (C=O) groups is 1. The molecule has 4 heteroatoms. The van der Waals surface area contributed by atoms with Crippen LogP contribution in [0.25, 0.3) is 0 Å². The van der Waals surface area contributed by atoms with E-state index in [-0.39, 0.29) is 6.04 Å². The molecule has 3 fully saturated rings. The molecule has 2 N–H and O–H groups in total. The highest BCUT2D eigenvalue weighted by Crippen LogP contribution is 2.27. The number of amides is 1. The third kappa shape index (κ3) is 3.01. The average Bonchev–Trinajstić information content (AvgIpc) is 3.09. The zero-order chi connectivity index (χ0) is 13.9. The number of carbonyl (C=O) groups excluding carboxylic acids is 1. The maximum atomic E-state index is 12.6. The average molecular weight is 279 g/mol. The van der Waals surface area contributed by atoms with E-state index in [1.54, 1.807) is 0 Å². The van der Waals surface area contributed by atoms with Crippen LogP contribution in [0.2, 0.25) is 0 Å². The van der Waals surface area contributed by atoms with Gasteiger partial charge in [-0.25, -0.2) is 0 Å². The Morgan fingerprint density at radius 1 is 1.10 bits per heavy atom. The molecule has 0 radical (unpaired) electrons. The normalized spacial score (nSPS) is 36.4. The summed E-state index contributed by atoms with van der Waals surface area (Å²) in [5.74, 6) is 0.965. The van der Waals surface area contributed by atoms with Gasteiger partial charge in [0.1, 0.15) is 0 Å². The molecular weight excluding hydrogens is 250 g/mol. The van der Waals surface area contributed by atoms with E-state index in [0.29, 0.717) is 23.9 Å². The van der Waals surface area contributed by atoms with Gasteiger partial charge in [-0.15, -0.1) is 0 Å². The lowest BCUT2D eigenvalue weighted by Gasteiger charge is -2.35. The number of nitrogens with one attached hydrogen (secondary N) is 2. The molecule has 1 aliphatic carbocycles. The van der Waals surface area contributed by atoms with Gasteiger partial charge in [0.05, 0.1) is 6.04 Å². The quantitative estimate of drug-likeness (QED) is 0.823. The van der Waals surface area contributed by atoms with E-state index < -0.39 is 0 Å². The van der Waals surface area contributed by atoms with Crippen LogP contribution in [0.1, 0.15) is 51.9 Å². The van der Waals surface area contributed by atoms with Crippen LogP contribution in [0.5, 0.6) is 0 Å². The van der Waals surface area contributed by atoms with Crippen molar-refractivity contribution < 1.29 is 4.79 Å². The smallest absolute Gasteiger partial charge is 0.237 e. The highest BCUT2D eigenvalue weighted by atomic mass is 16.2. The standard InChI is InChI=1S/C16H29N3O/c1-12-4-2-5-14(12)18-16(20)15-6-3-11-19(15)13-7-9-17-10-8-13/h12-15,17H,2-11H2,1H3,(H,18,20). The fraction of sp³-hybridized carbons (Fsp3) is 0.938. The monoisotopic (exact) mass is 279 g/mol. The Morgan fingerprint density at radius 2 is 1.90 bits per heavy atom. The number of hydrogen-bond donors (Lipinski definition) is 2. The predicted octanol–water partition coefficient (Wildman–Crippen LogP) is 1.51. The molecule has 1 amide bonds. The van der Waals surface area contributed by atoms with E-state index in [4.69, 9.17) is 0 Å². The lowest BCUT2D eigenvalue weighted by molar-refractivity contribution is -0.127. The van der Waals surface area contributed by atoms with Crippen LogP contribution in [0.15, 0.2) is 0 Å². The topological polar surface area (TPSA) is 44.4 Å². The van der Waals surface area contributed by atoms with Crippen molar-refractivity contribution in [2.75, 3.05) is 19.6 Å². The second-order valence-electron chi connectivity index (χ2n) is 6.90. The molecule has 2 saturated heterocycles. The first kappa shape index (κ1) is 14.3. The lowest BCUT2D eigenvalue weighted by Crippen LogP contribution is -2.52. The van der Waals surface area contributed by atoms with Crippen LogP contribution in [0, 0.1) is 5.92 Å². The van der Waals surface area contributed by atoms with E-state index in [0.717, 1.165) is 26.1 Å². The fourth-order valence-electron chi connectivity index (χ4n) is 4.28. The lowest BCUT2D eigenvalue weighted by atomic mass is 10.0. The summed E-state index contributed by atoms with van der Waals surface area (Å²) in [6.45, 7) is 5.60. The summed E-state index contributed by atoms with van der Waals surface area (Å²) < 4.78 is 0. The first-order chi connectivity index (χ1) is 9.75. The van der Waals surface area contributed by atoms with Gasteiger partial charge in [-0.05, 0) is 64.1 Å². The molecule has 3 unspecified atom stereocenters. The number of likely N-dealkylation sites (tertiary alicyclic amines) is 1. The third-order valence-corrected chi connectivity index (χ3v) is 5.56. The molecule has 2 aliphatic heterocycles. The van der Waals surface area contributed by atoms with E-state index >= 15 is 0 Å². The van der Waals surface area contributed by atoms with Crippen molar-refractivity contribution in [3.63, 3.8) is 0 Å². The molecule has 2 heterocycles. The van der Waals surface area contributed by atoms with Gasteiger partial charge in [0.2, 0.25) is 5.91 Å². The van der Waals surface area contributed by atoms with Gasteiger partial charge < -0.3 is 10.6 Å². The first-order valence-corrected chi connectivity index (χ1v) is 8.52. The molecular formula is C16H29N3O. The molecule has 20 heavy (non-hydrogen) atoms. The molecule has 0 bridgehead atoms. The third-order valence-electron chi connectivity index (χ3n) is 5.56. The number of hydrogen-bond acceptors (Lipinski definition) is 3. The minimum Gasteiger partial charge on any atom is -0.352 e. The van der Waals surface area contributed by atoms with Gasteiger partial charge in [0.25, 0.3) is 0 Å². The van der Waals surface area contributed by atoms with Gasteiger partial charge in [0.15, 0.2) is 0 Å². The number of rotatable bonds is 3. The van der Waals surface area contributed by atoms with Crippen LogP contribution in [-0.4, -0.2) is 48.6 Å². The zero-order valence-electron chi connectivity index (χ0n) is 12.7. The van der Waals surface area contributed by atoms with Crippen LogP contribution < -0.4 is 10.6 Å². The molecule has 4 nitrogen and oxygen atoms in total. The second-order valence-corrected chi connectivity index (χ2v) is 6.90. The van der Waals surface area contributed by atoms with Crippen LogP contribution in [0.4, 0.5) is 0 Å². The molecule has 0 spiro atoms. The van der Waals surface area contributed by atoms with Crippen molar-refractivity contribution in [1.82, 2.24) is 15.5 Å². The number of piperidine rings is 1. The van der Waals surface area contributed by atoms with E-state index in [1.807, 2.05) is 0 Å². The van der Waals surface area contributed by atoms with Gasteiger partial charge in [0, 0.05) is 12.1 Å².